The molecule has 0 heterocycles. The molecule has 0 aliphatic carbocycles. The minimum atomic E-state index is -4.59. The van der Waals surface area contributed by atoms with Gasteiger partial charge in [-0.15, -0.1) is 0 Å². The second-order valence-corrected chi connectivity index (χ2v) is 7.02. The second kappa shape index (κ2) is 7.58. The first-order valence-corrected chi connectivity index (χ1v) is 8.83. The molecule has 0 bridgehead atoms. The number of anilines is 1. The Labute approximate surface area is 156 Å². The summed E-state index contributed by atoms with van der Waals surface area (Å²) in [7, 11) is -2.97. The molecule has 0 unspecified atom stereocenters. The number of alkyl halides is 3. The molecule has 2 N–H and O–H groups in total. The van der Waals surface area contributed by atoms with E-state index < -0.39 is 38.2 Å². The van der Waals surface area contributed by atoms with E-state index in [9.17, 15) is 31.7 Å². The Hall–Kier alpha value is -2.57. The third kappa shape index (κ3) is 5.21. The third-order valence-electron chi connectivity index (χ3n) is 3.16. The zero-order valence-corrected chi connectivity index (χ0v) is 14.9. The molecule has 0 fully saturated rings. The quantitative estimate of drug-likeness (QED) is 0.538. The van der Waals surface area contributed by atoms with Crippen LogP contribution in [-0.2, 0) is 16.4 Å². The van der Waals surface area contributed by atoms with Crippen molar-refractivity contribution in [1.29, 1.82) is 0 Å². The summed E-state index contributed by atoms with van der Waals surface area (Å²) in [5, 5.41) is 10.7. The molecule has 2 rings (SSSR count). The molecule has 27 heavy (non-hydrogen) atoms. The molecule has 146 valence electrons. The average molecular weight is 426 g/mol. The highest BCUT2D eigenvalue weighted by Gasteiger charge is 2.31. The summed E-state index contributed by atoms with van der Waals surface area (Å²) < 4.78 is 70.3. The van der Waals surface area contributed by atoms with Gasteiger partial charge < -0.3 is 4.74 Å². The van der Waals surface area contributed by atoms with E-state index in [-0.39, 0.29) is 16.5 Å². The van der Waals surface area contributed by atoms with Crippen LogP contribution < -0.4 is 14.2 Å². The van der Waals surface area contributed by atoms with Gasteiger partial charge in [0.1, 0.15) is 17.2 Å². The number of rotatable bonds is 6. The fourth-order valence-corrected chi connectivity index (χ4v) is 2.68. The SMILES string of the molecule is CNS(=O)(=O)Nc1cc(Oc2ccc(C(F)(F)F)cc2Cl)ccc1[N+](=O)[O-]. The normalized spacial score (nSPS) is 11.9. The van der Waals surface area contributed by atoms with Gasteiger partial charge in [0.15, 0.2) is 0 Å². The maximum absolute atomic E-state index is 12.7. The average Bonchev–Trinajstić information content (AvgIpc) is 2.55. The van der Waals surface area contributed by atoms with Crippen molar-refractivity contribution >= 4 is 33.2 Å². The van der Waals surface area contributed by atoms with Crippen LogP contribution in [0.15, 0.2) is 36.4 Å². The standard InChI is InChI=1S/C14H11ClF3N3O5S/c1-19-27(24,25)20-11-7-9(3-4-12(11)21(22)23)26-13-5-2-8(6-10(13)15)14(16,17)18/h2-7,19-20H,1H3. The lowest BCUT2D eigenvalue weighted by Crippen LogP contribution is -2.26. The maximum Gasteiger partial charge on any atom is 0.416 e. The van der Waals surface area contributed by atoms with Crippen LogP contribution in [0.3, 0.4) is 0 Å². The Morgan fingerprint density at radius 3 is 2.37 bits per heavy atom. The van der Waals surface area contributed by atoms with Crippen molar-refractivity contribution in [1.82, 2.24) is 4.72 Å². The molecular formula is C14H11ClF3N3O5S. The predicted octanol–water partition coefficient (Wildman–Crippen LogP) is 3.94. The molecule has 0 saturated carbocycles. The molecular weight excluding hydrogens is 415 g/mol. The zero-order valence-electron chi connectivity index (χ0n) is 13.4. The van der Waals surface area contributed by atoms with Crippen LogP contribution in [0.1, 0.15) is 5.56 Å². The lowest BCUT2D eigenvalue weighted by Gasteiger charge is -2.12. The van der Waals surface area contributed by atoms with Crippen molar-refractivity contribution in [2.75, 3.05) is 11.8 Å². The Morgan fingerprint density at radius 2 is 1.85 bits per heavy atom. The van der Waals surface area contributed by atoms with E-state index in [0.717, 1.165) is 37.4 Å². The molecule has 2 aromatic carbocycles. The highest BCUT2D eigenvalue weighted by atomic mass is 35.5. The van der Waals surface area contributed by atoms with Gasteiger partial charge in [-0.1, -0.05) is 11.6 Å². The molecule has 8 nitrogen and oxygen atoms in total. The number of ether oxygens (including phenoxy) is 1. The van der Waals surface area contributed by atoms with Gasteiger partial charge >= 0.3 is 6.18 Å². The van der Waals surface area contributed by atoms with E-state index in [1.165, 1.54) is 0 Å². The van der Waals surface area contributed by atoms with E-state index in [1.807, 2.05) is 9.44 Å². The maximum atomic E-state index is 12.7. The van der Waals surface area contributed by atoms with Gasteiger partial charge in [-0.3, -0.25) is 14.8 Å². The van der Waals surface area contributed by atoms with Crippen molar-refractivity contribution in [2.45, 2.75) is 6.18 Å². The second-order valence-electron chi connectivity index (χ2n) is 4.99. The van der Waals surface area contributed by atoms with Gasteiger partial charge in [0, 0.05) is 19.2 Å². The summed E-state index contributed by atoms with van der Waals surface area (Å²) in [5.74, 6) is -0.239. The molecule has 0 spiro atoms. The first kappa shape index (κ1) is 20.7. The zero-order chi connectivity index (χ0) is 20.4. The fourth-order valence-electron chi connectivity index (χ4n) is 1.90. The number of nitro groups is 1. The summed E-state index contributed by atoms with van der Waals surface area (Å²) in [6.45, 7) is 0. The molecule has 13 heteroatoms. The Kier molecular flexibility index (Phi) is 5.82. The van der Waals surface area contributed by atoms with E-state index in [0.29, 0.717) is 6.07 Å². The van der Waals surface area contributed by atoms with Crippen molar-refractivity contribution < 1.29 is 31.2 Å². The molecule has 0 saturated heterocycles. The van der Waals surface area contributed by atoms with Crippen molar-refractivity contribution in [3.8, 4) is 11.5 Å². The minimum Gasteiger partial charge on any atom is -0.456 e. The number of hydrogen-bond acceptors (Lipinski definition) is 5. The summed E-state index contributed by atoms with van der Waals surface area (Å²) in [5.41, 5.74) is -1.94. The van der Waals surface area contributed by atoms with E-state index in [4.69, 9.17) is 16.3 Å². The van der Waals surface area contributed by atoms with E-state index in [1.54, 1.807) is 0 Å². The van der Waals surface area contributed by atoms with Crippen LogP contribution in [0.2, 0.25) is 5.02 Å². The smallest absolute Gasteiger partial charge is 0.416 e. The van der Waals surface area contributed by atoms with Crippen molar-refractivity contribution in [3.63, 3.8) is 0 Å². The highest BCUT2D eigenvalue weighted by molar-refractivity contribution is 7.90. The number of halogens is 4. The van der Waals surface area contributed by atoms with Crippen molar-refractivity contribution in [3.05, 3.63) is 57.1 Å². The van der Waals surface area contributed by atoms with Gasteiger partial charge in [-0.25, -0.2) is 4.72 Å². The van der Waals surface area contributed by atoms with E-state index >= 15 is 0 Å². The first-order chi connectivity index (χ1) is 12.4. The molecule has 0 atom stereocenters. The first-order valence-electron chi connectivity index (χ1n) is 6.97. The highest BCUT2D eigenvalue weighted by Crippen LogP contribution is 2.38. The van der Waals surface area contributed by atoms with Crippen LogP contribution in [0.25, 0.3) is 0 Å². The Balaban J connectivity index is 2.39. The monoisotopic (exact) mass is 425 g/mol. The number of nitro benzene ring substituents is 1. The number of benzene rings is 2. The predicted molar refractivity (Wildman–Crippen MR) is 91.2 cm³/mol. The Bertz CT molecular complexity index is 982. The van der Waals surface area contributed by atoms with Gasteiger partial charge in [0.25, 0.3) is 15.9 Å². The van der Waals surface area contributed by atoms with Crippen molar-refractivity contribution in [2.24, 2.45) is 0 Å². The summed E-state index contributed by atoms with van der Waals surface area (Å²) in [4.78, 5) is 10.2. The molecule has 0 radical (unpaired) electrons. The number of hydrogen-bond donors (Lipinski definition) is 2. The van der Waals surface area contributed by atoms with Gasteiger partial charge in [0.2, 0.25) is 0 Å². The molecule has 0 amide bonds. The lowest BCUT2D eigenvalue weighted by molar-refractivity contribution is -0.383. The van der Waals surface area contributed by atoms with Crippen LogP contribution in [0.4, 0.5) is 24.5 Å². The topological polar surface area (TPSA) is 111 Å². The van der Waals surface area contributed by atoms with Gasteiger partial charge in [-0.05, 0) is 24.3 Å². The molecule has 0 aliphatic rings. The summed E-state index contributed by atoms with van der Waals surface area (Å²) in [6.07, 6.45) is -4.59. The molecule has 0 aliphatic heterocycles. The lowest BCUT2D eigenvalue weighted by atomic mass is 10.2. The van der Waals surface area contributed by atoms with Crippen LogP contribution in [-0.4, -0.2) is 20.4 Å². The fraction of sp³-hybridized carbons (Fsp3) is 0.143. The van der Waals surface area contributed by atoms with Gasteiger partial charge in [-0.2, -0.15) is 21.6 Å². The summed E-state index contributed by atoms with van der Waals surface area (Å²) in [6, 6.07) is 5.50. The Morgan fingerprint density at radius 1 is 1.19 bits per heavy atom. The minimum absolute atomic E-state index is 0.0870. The van der Waals surface area contributed by atoms with Crippen LogP contribution in [0, 0.1) is 10.1 Å². The van der Waals surface area contributed by atoms with Crippen LogP contribution >= 0.6 is 11.6 Å². The number of nitrogens with zero attached hydrogens (tertiary/aromatic N) is 1. The summed E-state index contributed by atoms with van der Waals surface area (Å²) >= 11 is 5.78. The molecule has 0 aromatic heterocycles. The van der Waals surface area contributed by atoms with Gasteiger partial charge in [0.05, 0.1) is 15.5 Å². The number of nitrogens with one attached hydrogen (secondary N) is 2. The largest absolute Gasteiger partial charge is 0.456 e. The van der Waals surface area contributed by atoms with E-state index in [2.05, 4.69) is 0 Å². The van der Waals surface area contributed by atoms with Crippen LogP contribution in [0.5, 0.6) is 11.5 Å². The third-order valence-corrected chi connectivity index (χ3v) is 4.49. The molecule has 2 aromatic rings.